The number of nitrogens with zero attached hydrogens (tertiary/aromatic N) is 1. The molecule has 6 heteroatoms. The van der Waals surface area contributed by atoms with Gasteiger partial charge < -0.3 is 5.11 Å². The minimum absolute atomic E-state index is 0.0264. The summed E-state index contributed by atoms with van der Waals surface area (Å²) in [6.07, 6.45) is 2.09. The average molecular weight is 346 g/mol. The van der Waals surface area contributed by atoms with Gasteiger partial charge >= 0.3 is 0 Å². The minimum Gasteiger partial charge on any atom is -0.387 e. The number of hydrogen-bond donors (Lipinski definition) is 1. The summed E-state index contributed by atoms with van der Waals surface area (Å²) >= 11 is 5.87. The topological polar surface area (TPSA) is 57.6 Å². The maximum atomic E-state index is 11.7. The summed E-state index contributed by atoms with van der Waals surface area (Å²) in [6.45, 7) is 3.39. The van der Waals surface area contributed by atoms with Gasteiger partial charge in [-0.25, -0.2) is 8.42 Å². The Morgan fingerprint density at radius 3 is 2.59 bits per heavy atom. The van der Waals surface area contributed by atoms with Crippen molar-refractivity contribution in [2.45, 2.75) is 38.3 Å². The van der Waals surface area contributed by atoms with Crippen molar-refractivity contribution < 1.29 is 13.5 Å². The number of benzene rings is 1. The zero-order valence-corrected chi connectivity index (χ0v) is 14.5. The highest BCUT2D eigenvalue weighted by molar-refractivity contribution is 7.91. The second-order valence-corrected chi connectivity index (χ2v) is 8.64. The van der Waals surface area contributed by atoms with E-state index >= 15 is 0 Å². The Kier molecular flexibility index (Phi) is 6.26. The van der Waals surface area contributed by atoms with Gasteiger partial charge in [0, 0.05) is 17.6 Å². The molecule has 2 rings (SSSR count). The Bertz CT molecular complexity index is 574. The fourth-order valence-corrected chi connectivity index (χ4v) is 4.75. The van der Waals surface area contributed by atoms with E-state index in [4.69, 9.17) is 11.6 Å². The largest absolute Gasteiger partial charge is 0.387 e. The monoisotopic (exact) mass is 345 g/mol. The lowest BCUT2D eigenvalue weighted by atomic mass is 10.1. The summed E-state index contributed by atoms with van der Waals surface area (Å²) in [5.74, 6) is 0.474. The SMILES string of the molecule is CCCCN(CC(O)c1ccc(Cl)cc1)C1CCS(=O)(=O)C1. The van der Waals surface area contributed by atoms with Crippen LogP contribution in [0.15, 0.2) is 24.3 Å². The molecule has 0 amide bonds. The lowest BCUT2D eigenvalue weighted by Crippen LogP contribution is -2.39. The summed E-state index contributed by atoms with van der Waals surface area (Å²) in [5.41, 5.74) is 0.812. The van der Waals surface area contributed by atoms with Crippen molar-refractivity contribution in [3.05, 3.63) is 34.9 Å². The molecule has 124 valence electrons. The van der Waals surface area contributed by atoms with Crippen molar-refractivity contribution in [2.24, 2.45) is 0 Å². The van der Waals surface area contributed by atoms with Crippen LogP contribution in [-0.4, -0.2) is 49.1 Å². The van der Waals surface area contributed by atoms with Crippen LogP contribution in [0.2, 0.25) is 5.02 Å². The van der Waals surface area contributed by atoms with E-state index in [0.717, 1.165) is 24.9 Å². The number of sulfone groups is 1. The maximum Gasteiger partial charge on any atom is 0.151 e. The van der Waals surface area contributed by atoms with Crippen molar-refractivity contribution >= 4 is 21.4 Å². The van der Waals surface area contributed by atoms with Gasteiger partial charge in [0.05, 0.1) is 17.6 Å². The molecule has 1 aromatic carbocycles. The predicted octanol–water partition coefficient (Wildman–Crippen LogP) is 2.66. The Morgan fingerprint density at radius 2 is 2.05 bits per heavy atom. The van der Waals surface area contributed by atoms with Gasteiger partial charge in [0.2, 0.25) is 0 Å². The van der Waals surface area contributed by atoms with Crippen molar-refractivity contribution in [1.82, 2.24) is 4.90 Å². The molecule has 1 aromatic rings. The molecule has 0 saturated carbocycles. The minimum atomic E-state index is -2.91. The van der Waals surface area contributed by atoms with Crippen LogP contribution >= 0.6 is 11.6 Å². The van der Waals surface area contributed by atoms with E-state index in [1.165, 1.54) is 0 Å². The van der Waals surface area contributed by atoms with Crippen LogP contribution in [-0.2, 0) is 9.84 Å². The van der Waals surface area contributed by atoms with Crippen LogP contribution in [0.25, 0.3) is 0 Å². The number of rotatable bonds is 7. The molecule has 0 spiro atoms. The zero-order valence-electron chi connectivity index (χ0n) is 12.9. The molecule has 0 aromatic heterocycles. The highest BCUT2D eigenvalue weighted by Gasteiger charge is 2.32. The van der Waals surface area contributed by atoms with E-state index in [1.807, 2.05) is 12.1 Å². The third-order valence-electron chi connectivity index (χ3n) is 4.19. The average Bonchev–Trinajstić information content (AvgIpc) is 2.84. The molecule has 1 aliphatic rings. The van der Waals surface area contributed by atoms with Crippen LogP contribution in [0.5, 0.6) is 0 Å². The molecule has 1 heterocycles. The summed E-state index contributed by atoms with van der Waals surface area (Å²) in [4.78, 5) is 2.13. The molecule has 4 nitrogen and oxygen atoms in total. The summed E-state index contributed by atoms with van der Waals surface area (Å²) in [7, 11) is -2.91. The summed E-state index contributed by atoms with van der Waals surface area (Å²) < 4.78 is 23.4. The fourth-order valence-electron chi connectivity index (χ4n) is 2.86. The second kappa shape index (κ2) is 7.77. The summed E-state index contributed by atoms with van der Waals surface area (Å²) in [6, 6.07) is 7.18. The Labute approximate surface area is 138 Å². The van der Waals surface area contributed by atoms with Gasteiger partial charge in [-0.1, -0.05) is 37.1 Å². The van der Waals surface area contributed by atoms with Gasteiger partial charge in [-0.2, -0.15) is 0 Å². The van der Waals surface area contributed by atoms with Crippen LogP contribution < -0.4 is 0 Å². The third kappa shape index (κ3) is 4.95. The van der Waals surface area contributed by atoms with Crippen LogP contribution in [0, 0.1) is 0 Å². The molecule has 0 radical (unpaired) electrons. The second-order valence-electron chi connectivity index (χ2n) is 5.97. The molecule has 1 N–H and O–H groups in total. The first-order valence-electron chi connectivity index (χ1n) is 7.79. The van der Waals surface area contributed by atoms with Gasteiger partial charge in [0.1, 0.15) is 0 Å². The molecule has 2 unspecified atom stereocenters. The first-order chi connectivity index (χ1) is 10.4. The molecular formula is C16H24ClNO3S. The van der Waals surface area contributed by atoms with Crippen LogP contribution in [0.1, 0.15) is 37.9 Å². The lowest BCUT2D eigenvalue weighted by molar-refractivity contribution is 0.0916. The molecule has 1 aliphatic heterocycles. The van der Waals surface area contributed by atoms with E-state index in [0.29, 0.717) is 18.0 Å². The lowest BCUT2D eigenvalue weighted by Gasteiger charge is -2.30. The normalized spacial score (nSPS) is 22.1. The molecule has 1 saturated heterocycles. The van der Waals surface area contributed by atoms with E-state index in [2.05, 4.69) is 11.8 Å². The predicted molar refractivity (Wildman–Crippen MR) is 90.0 cm³/mol. The molecule has 0 aliphatic carbocycles. The number of aliphatic hydroxyl groups excluding tert-OH is 1. The van der Waals surface area contributed by atoms with Crippen LogP contribution in [0.3, 0.4) is 0 Å². The van der Waals surface area contributed by atoms with Gasteiger partial charge in [-0.05, 0) is 37.1 Å². The molecule has 2 atom stereocenters. The van der Waals surface area contributed by atoms with Gasteiger partial charge in [0.15, 0.2) is 9.84 Å². The molecular weight excluding hydrogens is 322 g/mol. The quantitative estimate of drug-likeness (QED) is 0.825. The van der Waals surface area contributed by atoms with Crippen molar-refractivity contribution in [2.75, 3.05) is 24.6 Å². The molecule has 22 heavy (non-hydrogen) atoms. The van der Waals surface area contributed by atoms with Crippen molar-refractivity contribution in [3.63, 3.8) is 0 Å². The van der Waals surface area contributed by atoms with Gasteiger partial charge in [-0.15, -0.1) is 0 Å². The molecule has 0 bridgehead atoms. The van der Waals surface area contributed by atoms with Gasteiger partial charge in [-0.3, -0.25) is 4.90 Å². The number of hydrogen-bond acceptors (Lipinski definition) is 4. The fraction of sp³-hybridized carbons (Fsp3) is 0.625. The Hall–Kier alpha value is -0.620. The van der Waals surface area contributed by atoms with E-state index in [9.17, 15) is 13.5 Å². The zero-order chi connectivity index (χ0) is 16.2. The third-order valence-corrected chi connectivity index (χ3v) is 6.19. The first kappa shape index (κ1) is 17.7. The van der Waals surface area contributed by atoms with Crippen LogP contribution in [0.4, 0.5) is 0 Å². The molecule has 1 fully saturated rings. The van der Waals surface area contributed by atoms with Crippen molar-refractivity contribution in [1.29, 1.82) is 0 Å². The number of unbranched alkanes of at least 4 members (excludes halogenated alkanes) is 1. The summed E-state index contributed by atoms with van der Waals surface area (Å²) in [5, 5.41) is 11.1. The number of aliphatic hydroxyl groups is 1. The van der Waals surface area contributed by atoms with Gasteiger partial charge in [0.25, 0.3) is 0 Å². The Balaban J connectivity index is 2.04. The van der Waals surface area contributed by atoms with E-state index in [1.54, 1.807) is 12.1 Å². The van der Waals surface area contributed by atoms with E-state index < -0.39 is 15.9 Å². The Morgan fingerprint density at radius 1 is 1.36 bits per heavy atom. The highest BCUT2D eigenvalue weighted by atomic mass is 35.5. The smallest absolute Gasteiger partial charge is 0.151 e. The number of halogens is 1. The van der Waals surface area contributed by atoms with E-state index in [-0.39, 0.29) is 17.5 Å². The highest BCUT2D eigenvalue weighted by Crippen LogP contribution is 2.23. The maximum absolute atomic E-state index is 11.7. The van der Waals surface area contributed by atoms with Crippen molar-refractivity contribution in [3.8, 4) is 0 Å². The first-order valence-corrected chi connectivity index (χ1v) is 9.99. The standard InChI is InChI=1S/C16H24ClNO3S/c1-2-3-9-18(15-8-10-22(20,21)12-15)11-16(19)13-4-6-14(17)7-5-13/h4-7,15-16,19H,2-3,8-12H2,1H3.